The molecule has 1 amide bonds. The number of carbonyl (C=O) groups excluding carboxylic acids is 1. The van der Waals surface area contributed by atoms with Gasteiger partial charge in [0.05, 0.1) is 17.3 Å². The third-order valence-corrected chi connectivity index (χ3v) is 4.13. The van der Waals surface area contributed by atoms with Crippen LogP contribution in [0.1, 0.15) is 13.8 Å². The number of amides is 1. The van der Waals surface area contributed by atoms with Gasteiger partial charge in [0, 0.05) is 18.0 Å². The molecule has 0 fully saturated rings. The predicted octanol–water partition coefficient (Wildman–Crippen LogP) is 3.62. The number of pyridine rings is 1. The highest BCUT2D eigenvalue weighted by molar-refractivity contribution is 6.00. The molecule has 2 aromatic heterocycles. The van der Waals surface area contributed by atoms with Gasteiger partial charge >= 0.3 is 0 Å². The monoisotopic (exact) mass is 389 g/mol. The van der Waals surface area contributed by atoms with Gasteiger partial charge in [0.1, 0.15) is 5.82 Å². The van der Waals surface area contributed by atoms with Gasteiger partial charge in [-0.05, 0) is 47.9 Å². The normalized spacial score (nSPS) is 11.7. The van der Waals surface area contributed by atoms with Crippen molar-refractivity contribution in [1.29, 1.82) is 0 Å². The van der Waals surface area contributed by atoms with Crippen molar-refractivity contribution in [2.75, 3.05) is 5.32 Å². The summed E-state index contributed by atoms with van der Waals surface area (Å²) >= 11 is 0. The fourth-order valence-electron chi connectivity index (χ4n) is 2.56. The summed E-state index contributed by atoms with van der Waals surface area (Å²) < 4.78 is 13.3. The molecule has 0 aliphatic heterocycles. The van der Waals surface area contributed by atoms with E-state index in [0.29, 0.717) is 17.1 Å². The Hall–Kier alpha value is -2.77. The molecule has 8 heteroatoms. The maximum atomic E-state index is 13.3. The van der Waals surface area contributed by atoms with Crippen LogP contribution in [0.25, 0.3) is 22.4 Å². The van der Waals surface area contributed by atoms with Gasteiger partial charge in [0.2, 0.25) is 5.91 Å². The van der Waals surface area contributed by atoms with E-state index in [4.69, 9.17) is 5.73 Å². The highest BCUT2D eigenvalue weighted by Crippen LogP contribution is 2.36. The van der Waals surface area contributed by atoms with Crippen LogP contribution in [0.2, 0.25) is 0 Å². The van der Waals surface area contributed by atoms with Gasteiger partial charge in [0.15, 0.2) is 5.82 Å². The van der Waals surface area contributed by atoms with Crippen molar-refractivity contribution in [3.05, 3.63) is 54.6 Å². The summed E-state index contributed by atoms with van der Waals surface area (Å²) in [6, 6.07) is 9.04. The largest absolute Gasteiger partial charge is 0.320 e. The van der Waals surface area contributed by atoms with Crippen molar-refractivity contribution in [1.82, 2.24) is 15.2 Å². The molecule has 6 nitrogen and oxygen atoms in total. The molecule has 142 valence electrons. The third-order valence-electron chi connectivity index (χ3n) is 4.13. The van der Waals surface area contributed by atoms with Crippen LogP contribution in [-0.2, 0) is 4.79 Å². The molecular formula is C19H21ClFN5O. The summed E-state index contributed by atoms with van der Waals surface area (Å²) in [5.41, 5.74) is 8.87. The van der Waals surface area contributed by atoms with Crippen molar-refractivity contribution in [2.24, 2.45) is 11.7 Å². The Morgan fingerprint density at radius 1 is 1.11 bits per heavy atom. The molecule has 0 aliphatic rings. The number of carbonyl (C=O) groups is 1. The van der Waals surface area contributed by atoms with Crippen LogP contribution in [0.4, 0.5) is 10.2 Å². The Kier molecular flexibility index (Phi) is 6.65. The molecule has 1 atom stereocenters. The molecule has 0 unspecified atom stereocenters. The number of benzene rings is 1. The highest BCUT2D eigenvalue weighted by Gasteiger charge is 2.22. The number of aromatic amines is 1. The Labute approximate surface area is 162 Å². The molecule has 2 heterocycles. The zero-order valence-electron chi connectivity index (χ0n) is 14.9. The van der Waals surface area contributed by atoms with Crippen LogP contribution < -0.4 is 11.1 Å². The second-order valence-corrected chi connectivity index (χ2v) is 6.32. The van der Waals surface area contributed by atoms with Gasteiger partial charge in [-0.25, -0.2) is 4.39 Å². The molecule has 0 saturated carbocycles. The van der Waals surface area contributed by atoms with E-state index >= 15 is 0 Å². The third kappa shape index (κ3) is 4.50. The summed E-state index contributed by atoms with van der Waals surface area (Å²) in [4.78, 5) is 16.4. The first-order valence-corrected chi connectivity index (χ1v) is 8.28. The Bertz CT molecular complexity index is 896. The van der Waals surface area contributed by atoms with E-state index in [1.165, 1.54) is 12.1 Å². The number of rotatable bonds is 5. The molecule has 0 radical (unpaired) electrons. The number of hydrogen-bond donors (Lipinski definition) is 3. The van der Waals surface area contributed by atoms with E-state index in [1.807, 2.05) is 26.0 Å². The standard InChI is InChI=1S/C19H20FN5O.ClH/c1-11(2)16(21)19(26)23-18-15(12-7-9-22-10-8-12)17(24-25-18)13-3-5-14(20)6-4-13;/h3-11,16H,21H2,1-2H3,(H2,23,24,25,26);1H/t16-;/m0./s1. The zero-order chi connectivity index (χ0) is 18.7. The lowest BCUT2D eigenvalue weighted by Crippen LogP contribution is -2.39. The van der Waals surface area contributed by atoms with Gasteiger partial charge < -0.3 is 11.1 Å². The molecule has 0 bridgehead atoms. The van der Waals surface area contributed by atoms with E-state index in [0.717, 1.165) is 11.1 Å². The summed E-state index contributed by atoms with van der Waals surface area (Å²) in [6.45, 7) is 3.75. The molecule has 0 aliphatic carbocycles. The number of nitrogens with zero attached hydrogens (tertiary/aromatic N) is 2. The SMILES string of the molecule is CC(C)[C@H](N)C(=O)Nc1n[nH]c(-c2ccc(F)cc2)c1-c1ccncc1.Cl. The number of nitrogens with two attached hydrogens (primary N) is 1. The van der Waals surface area contributed by atoms with Crippen molar-refractivity contribution in [3.8, 4) is 22.4 Å². The van der Waals surface area contributed by atoms with Crippen LogP contribution >= 0.6 is 12.4 Å². The minimum absolute atomic E-state index is 0. The maximum Gasteiger partial charge on any atom is 0.242 e. The average molecular weight is 390 g/mol. The number of nitrogens with one attached hydrogen (secondary N) is 2. The Morgan fingerprint density at radius 2 is 1.74 bits per heavy atom. The first kappa shape index (κ1) is 20.5. The van der Waals surface area contributed by atoms with Gasteiger partial charge in [-0.1, -0.05) is 13.8 Å². The summed E-state index contributed by atoms with van der Waals surface area (Å²) in [5, 5.41) is 9.97. The predicted molar refractivity (Wildman–Crippen MR) is 106 cm³/mol. The molecule has 0 saturated heterocycles. The number of halogens is 2. The van der Waals surface area contributed by atoms with E-state index < -0.39 is 6.04 Å². The minimum Gasteiger partial charge on any atom is -0.320 e. The second kappa shape index (κ2) is 8.75. The van der Waals surface area contributed by atoms with Gasteiger partial charge in [-0.15, -0.1) is 12.4 Å². The van der Waals surface area contributed by atoms with Crippen molar-refractivity contribution < 1.29 is 9.18 Å². The smallest absolute Gasteiger partial charge is 0.242 e. The topological polar surface area (TPSA) is 96.7 Å². The Balaban J connectivity index is 0.00000261. The van der Waals surface area contributed by atoms with E-state index in [1.54, 1.807) is 24.5 Å². The van der Waals surface area contributed by atoms with E-state index in [-0.39, 0.29) is 30.0 Å². The fourth-order valence-corrected chi connectivity index (χ4v) is 2.56. The fraction of sp³-hybridized carbons (Fsp3) is 0.211. The van der Waals surface area contributed by atoms with Crippen LogP contribution in [0.15, 0.2) is 48.8 Å². The first-order valence-electron chi connectivity index (χ1n) is 8.28. The Morgan fingerprint density at radius 3 is 2.33 bits per heavy atom. The first-order chi connectivity index (χ1) is 12.5. The molecule has 27 heavy (non-hydrogen) atoms. The van der Waals surface area contributed by atoms with Crippen LogP contribution in [0.5, 0.6) is 0 Å². The maximum absolute atomic E-state index is 13.3. The lowest BCUT2D eigenvalue weighted by Gasteiger charge is -2.15. The van der Waals surface area contributed by atoms with Crippen molar-refractivity contribution >= 4 is 24.1 Å². The summed E-state index contributed by atoms with van der Waals surface area (Å²) in [6.07, 6.45) is 3.31. The summed E-state index contributed by atoms with van der Waals surface area (Å²) in [7, 11) is 0. The zero-order valence-corrected chi connectivity index (χ0v) is 15.8. The molecule has 4 N–H and O–H groups in total. The van der Waals surface area contributed by atoms with Crippen molar-refractivity contribution in [2.45, 2.75) is 19.9 Å². The molecule has 3 rings (SSSR count). The number of hydrogen-bond acceptors (Lipinski definition) is 4. The van der Waals surface area contributed by atoms with Crippen molar-refractivity contribution in [3.63, 3.8) is 0 Å². The van der Waals surface area contributed by atoms with Gasteiger partial charge in [0.25, 0.3) is 0 Å². The molecule has 0 spiro atoms. The number of anilines is 1. The summed E-state index contributed by atoms with van der Waals surface area (Å²) in [5.74, 6) is -0.269. The average Bonchev–Trinajstić information content (AvgIpc) is 3.05. The number of H-pyrrole nitrogens is 1. The second-order valence-electron chi connectivity index (χ2n) is 6.32. The van der Waals surface area contributed by atoms with Crippen LogP contribution in [0, 0.1) is 11.7 Å². The van der Waals surface area contributed by atoms with Gasteiger partial charge in [-0.2, -0.15) is 5.10 Å². The molecular weight excluding hydrogens is 369 g/mol. The minimum atomic E-state index is -0.647. The van der Waals surface area contributed by atoms with E-state index in [9.17, 15) is 9.18 Å². The lowest BCUT2D eigenvalue weighted by atomic mass is 10.0. The molecule has 1 aromatic carbocycles. The van der Waals surface area contributed by atoms with Gasteiger partial charge in [-0.3, -0.25) is 14.9 Å². The lowest BCUT2D eigenvalue weighted by molar-refractivity contribution is -0.118. The van der Waals surface area contributed by atoms with E-state index in [2.05, 4.69) is 20.5 Å². The van der Waals surface area contributed by atoms with Crippen LogP contribution in [0.3, 0.4) is 0 Å². The quantitative estimate of drug-likeness (QED) is 0.620. The molecule has 3 aromatic rings. The van der Waals surface area contributed by atoms with Crippen LogP contribution in [-0.4, -0.2) is 27.1 Å². The number of aromatic nitrogens is 3. The highest BCUT2D eigenvalue weighted by atomic mass is 35.5.